The molecule has 0 aliphatic heterocycles. The summed E-state index contributed by atoms with van der Waals surface area (Å²) in [5.74, 6) is -0.474. The summed E-state index contributed by atoms with van der Waals surface area (Å²) in [4.78, 5) is 13.6. The Kier molecular flexibility index (Phi) is 4.09. The molecule has 2 rings (SSSR count). The molecule has 0 atom stereocenters. The van der Waals surface area contributed by atoms with Crippen LogP contribution in [0.25, 0.3) is 0 Å². The number of amides is 1. The Balaban J connectivity index is 2.16. The molecule has 7 heteroatoms. The van der Waals surface area contributed by atoms with Crippen molar-refractivity contribution < 1.29 is 14.5 Å². The molecule has 0 spiro atoms. The van der Waals surface area contributed by atoms with E-state index in [2.05, 4.69) is 14.9 Å². The van der Waals surface area contributed by atoms with E-state index in [9.17, 15) is 4.79 Å². The number of nitrogens with two attached hydrogens (primary N) is 1. The van der Waals surface area contributed by atoms with Crippen LogP contribution < -0.4 is 5.73 Å². The molecule has 0 aliphatic rings. The number of aliphatic hydroxyl groups excluding tert-OH is 1. The summed E-state index contributed by atoms with van der Waals surface area (Å²) in [6.07, 6.45) is 0. The SMILES string of the molecule is Nc1nonc1C(=O)N(CCO)Cc1ccccc1. The second-order valence-electron chi connectivity index (χ2n) is 3.93. The van der Waals surface area contributed by atoms with Crippen LogP contribution in [0, 0.1) is 0 Å². The number of hydrogen-bond donors (Lipinski definition) is 2. The Morgan fingerprint density at radius 3 is 2.63 bits per heavy atom. The highest BCUT2D eigenvalue weighted by Crippen LogP contribution is 2.11. The normalized spacial score (nSPS) is 10.4. The smallest absolute Gasteiger partial charge is 0.280 e. The molecular formula is C12H14N4O3. The van der Waals surface area contributed by atoms with Crippen molar-refractivity contribution in [2.45, 2.75) is 6.54 Å². The summed E-state index contributed by atoms with van der Waals surface area (Å²) in [5.41, 5.74) is 6.40. The molecule has 100 valence electrons. The standard InChI is InChI=1S/C12H14N4O3/c13-11-10(14-19-15-11)12(18)16(6-7-17)8-9-4-2-1-3-5-9/h1-5,17H,6-8H2,(H2,13,15). The Morgan fingerprint density at radius 2 is 2.05 bits per heavy atom. The van der Waals surface area contributed by atoms with Crippen molar-refractivity contribution >= 4 is 11.7 Å². The van der Waals surface area contributed by atoms with Crippen LogP contribution in [0.15, 0.2) is 35.0 Å². The fourth-order valence-electron chi connectivity index (χ4n) is 1.67. The van der Waals surface area contributed by atoms with Gasteiger partial charge in [-0.05, 0) is 15.9 Å². The van der Waals surface area contributed by atoms with E-state index in [1.807, 2.05) is 30.3 Å². The van der Waals surface area contributed by atoms with Gasteiger partial charge in [-0.2, -0.15) is 0 Å². The lowest BCUT2D eigenvalue weighted by Gasteiger charge is -2.20. The lowest BCUT2D eigenvalue weighted by molar-refractivity contribution is 0.0697. The van der Waals surface area contributed by atoms with E-state index in [1.54, 1.807) is 0 Å². The van der Waals surface area contributed by atoms with E-state index >= 15 is 0 Å². The highest BCUT2D eigenvalue weighted by Gasteiger charge is 2.22. The first kappa shape index (κ1) is 13.0. The average molecular weight is 262 g/mol. The predicted octanol–water partition coefficient (Wildman–Crippen LogP) is 0.286. The first-order valence-electron chi connectivity index (χ1n) is 5.74. The molecule has 3 N–H and O–H groups in total. The third-order valence-electron chi connectivity index (χ3n) is 2.59. The van der Waals surface area contributed by atoms with Crippen LogP contribution in [-0.4, -0.2) is 39.4 Å². The van der Waals surface area contributed by atoms with Gasteiger partial charge in [-0.1, -0.05) is 30.3 Å². The zero-order valence-corrected chi connectivity index (χ0v) is 10.2. The van der Waals surface area contributed by atoms with Gasteiger partial charge >= 0.3 is 0 Å². The number of benzene rings is 1. The van der Waals surface area contributed by atoms with Crippen molar-refractivity contribution in [2.24, 2.45) is 0 Å². The summed E-state index contributed by atoms with van der Waals surface area (Å²) in [6, 6.07) is 9.43. The first-order chi connectivity index (χ1) is 9.22. The summed E-state index contributed by atoms with van der Waals surface area (Å²) >= 11 is 0. The third kappa shape index (κ3) is 3.08. The molecule has 0 aliphatic carbocycles. The minimum Gasteiger partial charge on any atom is -0.395 e. The summed E-state index contributed by atoms with van der Waals surface area (Å²) in [7, 11) is 0. The quantitative estimate of drug-likeness (QED) is 0.802. The number of nitrogen functional groups attached to an aromatic ring is 1. The number of anilines is 1. The maximum absolute atomic E-state index is 12.2. The molecule has 7 nitrogen and oxygen atoms in total. The highest BCUT2D eigenvalue weighted by molar-refractivity contribution is 5.96. The molecule has 19 heavy (non-hydrogen) atoms. The van der Waals surface area contributed by atoms with E-state index < -0.39 is 5.91 Å². The monoisotopic (exact) mass is 262 g/mol. The fourth-order valence-corrected chi connectivity index (χ4v) is 1.67. The van der Waals surface area contributed by atoms with Gasteiger partial charge in [0.05, 0.1) is 6.61 Å². The molecule has 1 amide bonds. The van der Waals surface area contributed by atoms with Crippen molar-refractivity contribution in [3.05, 3.63) is 41.6 Å². The summed E-state index contributed by atoms with van der Waals surface area (Å²) in [5, 5.41) is 15.9. The Hall–Kier alpha value is -2.41. The fraction of sp³-hybridized carbons (Fsp3) is 0.250. The number of aromatic nitrogens is 2. The molecule has 1 aromatic heterocycles. The van der Waals surface area contributed by atoms with Crippen LogP contribution in [0.4, 0.5) is 5.82 Å². The van der Waals surface area contributed by atoms with Crippen molar-refractivity contribution in [3.63, 3.8) is 0 Å². The summed E-state index contributed by atoms with van der Waals surface area (Å²) in [6.45, 7) is 0.385. The van der Waals surface area contributed by atoms with E-state index in [0.29, 0.717) is 6.54 Å². The third-order valence-corrected chi connectivity index (χ3v) is 2.59. The molecule has 0 unspecified atom stereocenters. The van der Waals surface area contributed by atoms with E-state index in [1.165, 1.54) is 4.90 Å². The van der Waals surface area contributed by atoms with Crippen LogP contribution in [0.1, 0.15) is 16.1 Å². The van der Waals surface area contributed by atoms with Gasteiger partial charge in [-0.3, -0.25) is 4.79 Å². The number of carbonyl (C=O) groups excluding carboxylic acids is 1. The number of nitrogens with zero attached hydrogens (tertiary/aromatic N) is 3. The first-order valence-corrected chi connectivity index (χ1v) is 5.74. The molecule has 2 aromatic rings. The lowest BCUT2D eigenvalue weighted by Crippen LogP contribution is -2.33. The Bertz CT molecular complexity index is 541. The van der Waals surface area contributed by atoms with Gasteiger partial charge in [-0.25, -0.2) is 4.63 Å². The molecule has 0 saturated heterocycles. The number of hydrogen-bond acceptors (Lipinski definition) is 6. The van der Waals surface area contributed by atoms with Crippen LogP contribution in [0.2, 0.25) is 0 Å². The van der Waals surface area contributed by atoms with E-state index in [0.717, 1.165) is 5.56 Å². The van der Waals surface area contributed by atoms with Gasteiger partial charge < -0.3 is 15.7 Å². The minimum atomic E-state index is -0.420. The summed E-state index contributed by atoms with van der Waals surface area (Å²) < 4.78 is 4.41. The largest absolute Gasteiger partial charge is 0.395 e. The van der Waals surface area contributed by atoms with Crippen LogP contribution in [0.3, 0.4) is 0 Å². The van der Waals surface area contributed by atoms with Gasteiger partial charge in [0.25, 0.3) is 5.91 Å². The van der Waals surface area contributed by atoms with Gasteiger partial charge in [0.1, 0.15) is 0 Å². The van der Waals surface area contributed by atoms with Crippen LogP contribution >= 0.6 is 0 Å². The van der Waals surface area contributed by atoms with Crippen LogP contribution in [0.5, 0.6) is 0 Å². The molecule has 0 radical (unpaired) electrons. The van der Waals surface area contributed by atoms with Gasteiger partial charge in [-0.15, -0.1) is 0 Å². The highest BCUT2D eigenvalue weighted by atomic mass is 16.6. The zero-order valence-electron chi connectivity index (χ0n) is 10.2. The minimum absolute atomic E-state index is 0.0376. The predicted molar refractivity (Wildman–Crippen MR) is 67.0 cm³/mol. The van der Waals surface area contributed by atoms with Crippen molar-refractivity contribution in [1.29, 1.82) is 0 Å². The average Bonchev–Trinajstić information content (AvgIpc) is 2.85. The van der Waals surface area contributed by atoms with E-state index in [4.69, 9.17) is 10.8 Å². The molecular weight excluding hydrogens is 248 g/mol. The van der Waals surface area contributed by atoms with E-state index in [-0.39, 0.29) is 24.7 Å². The molecule has 0 bridgehead atoms. The van der Waals surface area contributed by atoms with Gasteiger partial charge in [0, 0.05) is 13.1 Å². The van der Waals surface area contributed by atoms with Gasteiger partial charge in [0.2, 0.25) is 11.5 Å². The van der Waals surface area contributed by atoms with Crippen molar-refractivity contribution in [2.75, 3.05) is 18.9 Å². The topological polar surface area (TPSA) is 105 Å². The Morgan fingerprint density at radius 1 is 1.32 bits per heavy atom. The maximum Gasteiger partial charge on any atom is 0.280 e. The molecule has 0 saturated carbocycles. The number of rotatable bonds is 5. The number of carbonyl (C=O) groups is 1. The number of aliphatic hydroxyl groups is 1. The van der Waals surface area contributed by atoms with Crippen LogP contribution in [-0.2, 0) is 6.54 Å². The van der Waals surface area contributed by atoms with Gasteiger partial charge in [0.15, 0.2) is 0 Å². The maximum atomic E-state index is 12.2. The Labute approximate surface area is 109 Å². The molecule has 1 aromatic carbocycles. The van der Waals surface area contributed by atoms with Crippen molar-refractivity contribution in [1.82, 2.24) is 15.2 Å². The zero-order chi connectivity index (χ0) is 13.7. The molecule has 1 heterocycles. The molecule has 0 fully saturated rings. The second kappa shape index (κ2) is 5.96. The second-order valence-corrected chi connectivity index (χ2v) is 3.93. The van der Waals surface area contributed by atoms with Crippen molar-refractivity contribution in [3.8, 4) is 0 Å². The lowest BCUT2D eigenvalue weighted by atomic mass is 10.2.